The van der Waals surface area contributed by atoms with Gasteiger partial charge in [-0.25, -0.2) is 4.79 Å². The maximum Gasteiger partial charge on any atom is 0.332 e. The summed E-state index contributed by atoms with van der Waals surface area (Å²) >= 11 is 31.1. The van der Waals surface area contributed by atoms with E-state index in [1.54, 1.807) is 0 Å². The van der Waals surface area contributed by atoms with Crippen molar-refractivity contribution in [2.45, 2.75) is 6.58 Å². The van der Waals surface area contributed by atoms with E-state index in [0.717, 1.165) is 0 Å². The summed E-state index contributed by atoms with van der Waals surface area (Å²) in [5.74, 6) is -0.795. The topological polar surface area (TPSA) is 37.3 Å². The van der Waals surface area contributed by atoms with Crippen LogP contribution in [0.4, 0.5) is 0 Å². The highest BCUT2D eigenvalue weighted by atomic mass is 127. The molecule has 132 valence electrons. The molecule has 0 spiro atoms. The standard InChI is InChI=1S/C7HI13O2/c8-2(9,1(21)22)3(10,11)4(12,13)5(14,15)6(16,17)7(18,19)20/h(H,21,22). The van der Waals surface area contributed by atoms with Crippen molar-refractivity contribution < 1.29 is 9.90 Å². The van der Waals surface area contributed by atoms with Gasteiger partial charge >= 0.3 is 5.97 Å². The summed E-state index contributed by atoms with van der Waals surface area (Å²) < 4.78 is -2.17. The minimum Gasteiger partial charge on any atom is -0.480 e. The largest absolute Gasteiger partial charge is 0.480 e. The SMILES string of the molecule is O=C(O)C(I)(I)C(I)(I)C(I)(I)C(I)(I)C(I)(I)C(I)(I)I. The Bertz CT molecular complexity index is 448. The van der Waals surface area contributed by atoms with Crippen molar-refractivity contribution in [3.05, 3.63) is 0 Å². The van der Waals surface area contributed by atoms with Crippen LogP contribution in [0.2, 0.25) is 0 Å². The van der Waals surface area contributed by atoms with Crippen LogP contribution in [0.1, 0.15) is 0 Å². The van der Waals surface area contributed by atoms with Gasteiger partial charge in [0, 0.05) is 0 Å². The number of halogens is 13. The summed E-state index contributed by atoms with van der Waals surface area (Å²) in [5, 5.41) is 9.72. The highest BCUT2D eigenvalue weighted by Gasteiger charge is 2.73. The lowest BCUT2D eigenvalue weighted by Gasteiger charge is -2.53. The summed E-state index contributed by atoms with van der Waals surface area (Å²) in [6, 6.07) is 0. The second kappa shape index (κ2) is 10.9. The van der Waals surface area contributed by atoms with Crippen molar-refractivity contribution in [1.29, 1.82) is 0 Å². The summed E-state index contributed by atoms with van der Waals surface area (Å²) in [7, 11) is 0. The molecule has 0 atom stereocenters. The number of hydrogen-bond donors (Lipinski definition) is 1. The van der Waals surface area contributed by atoms with Gasteiger partial charge in [-0.2, -0.15) is 0 Å². The molecule has 0 rings (SSSR count). The number of alkyl halides is 13. The molecule has 1 N–H and O–H groups in total. The van der Waals surface area contributed by atoms with Gasteiger partial charge in [-0.3, -0.25) is 0 Å². The molecule has 0 aliphatic rings. The third kappa shape index (κ3) is 6.30. The second-order valence-corrected chi connectivity index (χ2v) is 41.2. The van der Waals surface area contributed by atoms with E-state index in [0.29, 0.717) is 0 Å². The minimum absolute atomic E-state index is 0.0306. The van der Waals surface area contributed by atoms with Crippen LogP contribution in [0.5, 0.6) is 0 Å². The van der Waals surface area contributed by atoms with Gasteiger partial charge in [0.25, 0.3) is 0 Å². The van der Waals surface area contributed by atoms with E-state index in [4.69, 9.17) is 0 Å². The highest BCUT2D eigenvalue weighted by Crippen LogP contribution is 2.76. The van der Waals surface area contributed by atoms with Crippen molar-refractivity contribution >= 4 is 300 Å². The van der Waals surface area contributed by atoms with Crippen LogP contribution in [-0.2, 0) is 4.79 Å². The molecule has 0 aromatic heterocycles. The Hall–Kier alpha value is 8.96. The molecule has 0 aromatic carbocycles. The molecule has 2 nitrogen and oxygen atoms in total. The molecule has 15 heteroatoms. The Morgan fingerprint density at radius 3 is 1.05 bits per heavy atom. The van der Waals surface area contributed by atoms with Gasteiger partial charge < -0.3 is 5.11 Å². The number of carboxylic acids is 1. The smallest absolute Gasteiger partial charge is 0.332 e. The summed E-state index contributed by atoms with van der Waals surface area (Å²) in [6.07, 6.45) is 0. The van der Waals surface area contributed by atoms with Gasteiger partial charge in [0.1, 0.15) is 5.15 Å². The fourth-order valence-corrected chi connectivity index (χ4v) is 17.5. The van der Waals surface area contributed by atoms with E-state index in [9.17, 15) is 9.90 Å². The minimum atomic E-state index is -0.929. The molecule has 0 unspecified atom stereocenters. The van der Waals surface area contributed by atoms with E-state index >= 15 is 0 Å². The van der Waals surface area contributed by atoms with Gasteiger partial charge in [-0.05, 0) is 0 Å². The number of aliphatic carboxylic acids is 1. The Labute approximate surface area is 306 Å². The van der Waals surface area contributed by atoms with Crippen LogP contribution < -0.4 is 0 Å². The van der Waals surface area contributed by atoms with Crippen LogP contribution in [-0.4, -0.2) is 17.7 Å². The fourth-order valence-electron chi connectivity index (χ4n) is 0.904. The zero-order chi connectivity index (χ0) is 18.6. The maximum atomic E-state index is 11.8. The molecule has 0 aliphatic heterocycles. The Balaban J connectivity index is 6.29. The van der Waals surface area contributed by atoms with E-state index in [2.05, 4.69) is 294 Å². The average Bonchev–Trinajstić information content (AvgIpc) is 2.25. The highest BCUT2D eigenvalue weighted by molar-refractivity contribution is 14.3. The van der Waals surface area contributed by atoms with Crippen molar-refractivity contribution in [3.63, 3.8) is 0 Å². The maximum absolute atomic E-state index is 11.8. The Morgan fingerprint density at radius 1 is 0.545 bits per heavy atom. The average molecular weight is 1770 g/mol. The first-order chi connectivity index (χ1) is 9.19. The molecule has 0 saturated heterocycles. The third-order valence-corrected chi connectivity index (χ3v) is 42.8. The number of hydrogen-bond acceptors (Lipinski definition) is 1. The van der Waals surface area contributed by atoms with Crippen molar-refractivity contribution in [2.24, 2.45) is 0 Å². The first-order valence-electron chi connectivity index (χ1n) is 4.38. The molecule has 0 bridgehead atoms. The van der Waals surface area contributed by atoms with Gasteiger partial charge in [-0.15, -0.1) is 0 Å². The van der Waals surface area contributed by atoms with Gasteiger partial charge in [0.05, 0.1) is 0 Å². The molecule has 22 heavy (non-hydrogen) atoms. The zero-order valence-electron chi connectivity index (χ0n) is 9.27. The van der Waals surface area contributed by atoms with E-state index in [1.165, 1.54) is 0 Å². The second-order valence-electron chi connectivity index (χ2n) is 3.67. The summed E-state index contributed by atoms with van der Waals surface area (Å²) in [4.78, 5) is 11.8. The van der Waals surface area contributed by atoms with Crippen LogP contribution in [0.25, 0.3) is 0 Å². The third-order valence-electron chi connectivity index (χ3n) is 2.20. The van der Waals surface area contributed by atoms with Crippen LogP contribution in [0.15, 0.2) is 0 Å². The molecule has 0 fully saturated rings. The fraction of sp³-hybridized carbons (Fsp3) is 0.857. The molecule has 0 heterocycles. The molecule has 0 aliphatic carbocycles. The van der Waals surface area contributed by atoms with Gasteiger partial charge in [0.2, 0.25) is 0 Å². The first-order valence-corrected chi connectivity index (χ1v) is 18.4. The molecule has 0 saturated carbocycles. The Kier molecular flexibility index (Phi) is 15.4. The van der Waals surface area contributed by atoms with Crippen LogP contribution in [0, 0.1) is 0 Å². The predicted molar refractivity (Wildman–Crippen MR) is 206 cm³/mol. The predicted octanol–water partition coefficient (Wildman–Crippen LogP) is 9.86. The lowest BCUT2D eigenvalue weighted by atomic mass is 10.1. The quantitative estimate of drug-likeness (QED) is 0.213. The number of carbonyl (C=O) groups is 1. The molecule has 0 radical (unpaired) electrons. The molecule has 0 amide bonds. The zero-order valence-corrected chi connectivity index (χ0v) is 37.3. The summed E-state index contributed by atoms with van der Waals surface area (Å²) in [6.45, 7) is 0. The molecule has 0 aromatic rings. The van der Waals surface area contributed by atoms with Crippen LogP contribution >= 0.6 is 294 Å². The van der Waals surface area contributed by atoms with E-state index in [-0.39, 0.29) is 3.72 Å². The molecular formula is C7HI13O2. The van der Waals surface area contributed by atoms with E-state index < -0.39 is 8.83 Å². The molecular weight excluding hydrogens is 1770 g/mol. The van der Waals surface area contributed by atoms with Crippen LogP contribution in [0.3, 0.4) is 0 Å². The van der Waals surface area contributed by atoms with Crippen molar-refractivity contribution in [3.8, 4) is 0 Å². The van der Waals surface area contributed by atoms with Gasteiger partial charge in [-0.1, -0.05) is 294 Å². The number of rotatable bonds is 6. The lowest BCUT2D eigenvalue weighted by molar-refractivity contribution is -0.136. The van der Waals surface area contributed by atoms with E-state index in [1.807, 2.05) is 0 Å². The normalized spacial score (nSPS) is 15.9. The first kappa shape index (κ1) is 31.0. The van der Waals surface area contributed by atoms with Gasteiger partial charge in [0.15, 0.2) is 1.43 Å². The number of carboxylic acid groups (broad SMARTS) is 1. The monoisotopic (exact) mass is 1770 g/mol. The lowest BCUT2D eigenvalue weighted by Crippen LogP contribution is -2.64. The van der Waals surface area contributed by atoms with Crippen molar-refractivity contribution in [1.82, 2.24) is 0 Å². The Morgan fingerprint density at radius 2 is 0.818 bits per heavy atom. The summed E-state index contributed by atoms with van der Waals surface area (Å²) in [5.41, 5.74) is 0. The van der Waals surface area contributed by atoms with Crippen molar-refractivity contribution in [2.75, 3.05) is 0 Å².